The maximum Gasteiger partial charge on any atom is 0.263 e. The third kappa shape index (κ3) is 3.55. The second-order valence-electron chi connectivity index (χ2n) is 6.78. The summed E-state index contributed by atoms with van der Waals surface area (Å²) in [4.78, 5) is 29.1. The van der Waals surface area contributed by atoms with E-state index in [9.17, 15) is 9.59 Å². The number of rotatable bonds is 4. The molecule has 7 nitrogen and oxygen atoms in total. The molecule has 3 heterocycles. The Morgan fingerprint density at radius 2 is 1.64 bits per heavy atom. The summed E-state index contributed by atoms with van der Waals surface area (Å²) in [5, 5.41) is 4.23. The number of hydrogen-bond acceptors (Lipinski definition) is 4. The molecule has 28 heavy (non-hydrogen) atoms. The van der Waals surface area contributed by atoms with Crippen LogP contribution in [0.4, 0.5) is 0 Å². The Kier molecular flexibility index (Phi) is 4.97. The summed E-state index contributed by atoms with van der Waals surface area (Å²) >= 11 is 0. The van der Waals surface area contributed by atoms with Crippen molar-refractivity contribution in [2.24, 2.45) is 0 Å². The number of benzene rings is 1. The smallest absolute Gasteiger partial charge is 0.263 e. The molecule has 3 aromatic rings. The second kappa shape index (κ2) is 7.72. The van der Waals surface area contributed by atoms with Crippen molar-refractivity contribution in [3.05, 3.63) is 66.5 Å². The molecule has 2 aromatic heterocycles. The van der Waals surface area contributed by atoms with Gasteiger partial charge in [0.1, 0.15) is 5.75 Å². The van der Waals surface area contributed by atoms with Gasteiger partial charge in [-0.15, -0.1) is 0 Å². The van der Waals surface area contributed by atoms with E-state index in [1.54, 1.807) is 27.4 Å². The number of carbonyl (C=O) groups is 2. The summed E-state index contributed by atoms with van der Waals surface area (Å²) in [5.41, 5.74) is 1.37. The maximum atomic E-state index is 12.9. The van der Waals surface area contributed by atoms with E-state index < -0.39 is 6.10 Å². The first-order chi connectivity index (χ1) is 13.6. The van der Waals surface area contributed by atoms with E-state index in [1.165, 1.54) is 0 Å². The van der Waals surface area contributed by atoms with Crippen LogP contribution in [0.5, 0.6) is 5.75 Å². The average Bonchev–Trinajstić information content (AvgIpc) is 3.17. The van der Waals surface area contributed by atoms with Gasteiger partial charge in [0.2, 0.25) is 0 Å². The Hall–Kier alpha value is -3.35. The van der Waals surface area contributed by atoms with Crippen LogP contribution in [-0.2, 0) is 4.79 Å². The van der Waals surface area contributed by atoms with Gasteiger partial charge >= 0.3 is 0 Å². The highest BCUT2D eigenvalue weighted by Crippen LogP contribution is 2.16. The van der Waals surface area contributed by atoms with E-state index in [4.69, 9.17) is 4.74 Å². The van der Waals surface area contributed by atoms with Crippen LogP contribution >= 0.6 is 0 Å². The summed E-state index contributed by atoms with van der Waals surface area (Å²) in [7, 11) is 0. The quantitative estimate of drug-likeness (QED) is 0.697. The average molecular weight is 378 g/mol. The number of hydrogen-bond donors (Lipinski definition) is 0. The summed E-state index contributed by atoms with van der Waals surface area (Å²) < 4.78 is 7.42. The Balaban J connectivity index is 1.36. The zero-order valence-corrected chi connectivity index (χ0v) is 15.7. The Labute approximate surface area is 163 Å². The molecule has 0 spiro atoms. The fourth-order valence-electron chi connectivity index (χ4n) is 3.41. The lowest BCUT2D eigenvalue weighted by Gasteiger charge is -2.35. The van der Waals surface area contributed by atoms with Gasteiger partial charge in [0.05, 0.1) is 17.3 Å². The van der Waals surface area contributed by atoms with Crippen molar-refractivity contribution in [2.45, 2.75) is 13.0 Å². The third-order valence-corrected chi connectivity index (χ3v) is 4.94. The van der Waals surface area contributed by atoms with Crippen LogP contribution in [0.1, 0.15) is 17.3 Å². The molecule has 0 radical (unpaired) electrons. The standard InChI is InChI=1S/C21H22N4O3/c1-16(28-17-7-3-2-4-8-17)20(26)23-11-13-24(14-12-23)21(27)18-15-22-25-10-6-5-9-19(18)25/h2-10,15-16H,11-14H2,1H3. The highest BCUT2D eigenvalue weighted by molar-refractivity contribution is 6.00. The van der Waals surface area contributed by atoms with Gasteiger partial charge in [-0.05, 0) is 31.2 Å². The summed E-state index contributed by atoms with van der Waals surface area (Å²) in [6.45, 7) is 3.73. The summed E-state index contributed by atoms with van der Waals surface area (Å²) in [5.74, 6) is 0.555. The predicted molar refractivity (Wildman–Crippen MR) is 104 cm³/mol. The monoisotopic (exact) mass is 378 g/mol. The number of carbonyl (C=O) groups excluding carboxylic acids is 2. The zero-order valence-electron chi connectivity index (χ0n) is 15.7. The molecule has 1 aliphatic heterocycles. The van der Waals surface area contributed by atoms with Gasteiger partial charge in [0, 0.05) is 32.4 Å². The van der Waals surface area contributed by atoms with E-state index >= 15 is 0 Å². The van der Waals surface area contributed by atoms with E-state index in [1.807, 2.05) is 54.7 Å². The van der Waals surface area contributed by atoms with Gasteiger partial charge in [-0.1, -0.05) is 24.3 Å². The molecule has 1 atom stereocenters. The van der Waals surface area contributed by atoms with Crippen molar-refractivity contribution >= 4 is 17.3 Å². The van der Waals surface area contributed by atoms with Gasteiger partial charge in [-0.2, -0.15) is 5.10 Å². The van der Waals surface area contributed by atoms with Crippen LogP contribution in [0.3, 0.4) is 0 Å². The molecule has 1 unspecified atom stereocenters. The van der Waals surface area contributed by atoms with Crippen molar-refractivity contribution in [1.82, 2.24) is 19.4 Å². The molecule has 1 saturated heterocycles. The van der Waals surface area contributed by atoms with Crippen LogP contribution in [0.2, 0.25) is 0 Å². The number of fused-ring (bicyclic) bond motifs is 1. The van der Waals surface area contributed by atoms with Gasteiger partial charge < -0.3 is 14.5 Å². The zero-order chi connectivity index (χ0) is 19.5. The minimum Gasteiger partial charge on any atom is -0.481 e. The molecule has 0 N–H and O–H groups in total. The lowest BCUT2D eigenvalue weighted by Crippen LogP contribution is -2.53. The maximum absolute atomic E-state index is 12.9. The molecule has 0 bridgehead atoms. The van der Waals surface area contributed by atoms with E-state index in [0.29, 0.717) is 37.5 Å². The second-order valence-corrected chi connectivity index (χ2v) is 6.78. The van der Waals surface area contributed by atoms with Crippen LogP contribution in [-0.4, -0.2) is 63.5 Å². The number of piperazine rings is 1. The lowest BCUT2D eigenvalue weighted by atomic mass is 10.2. The van der Waals surface area contributed by atoms with Crippen molar-refractivity contribution in [3.8, 4) is 5.75 Å². The topological polar surface area (TPSA) is 67.2 Å². The molecule has 1 fully saturated rings. The molecule has 0 aliphatic carbocycles. The Morgan fingerprint density at radius 1 is 0.964 bits per heavy atom. The fourth-order valence-corrected chi connectivity index (χ4v) is 3.41. The van der Waals surface area contributed by atoms with E-state index in [-0.39, 0.29) is 11.8 Å². The largest absolute Gasteiger partial charge is 0.481 e. The van der Waals surface area contributed by atoms with Crippen LogP contribution < -0.4 is 4.74 Å². The van der Waals surface area contributed by atoms with Gasteiger partial charge in [-0.3, -0.25) is 9.59 Å². The number of ether oxygens (including phenoxy) is 1. The van der Waals surface area contributed by atoms with Gasteiger partial charge in [0.15, 0.2) is 6.10 Å². The number of pyridine rings is 1. The van der Waals surface area contributed by atoms with E-state index in [0.717, 1.165) is 5.52 Å². The van der Waals surface area contributed by atoms with Crippen molar-refractivity contribution < 1.29 is 14.3 Å². The van der Waals surface area contributed by atoms with Crippen molar-refractivity contribution in [3.63, 3.8) is 0 Å². The van der Waals surface area contributed by atoms with E-state index in [2.05, 4.69) is 5.10 Å². The highest BCUT2D eigenvalue weighted by atomic mass is 16.5. The molecule has 2 amide bonds. The number of aromatic nitrogens is 2. The number of para-hydroxylation sites is 1. The predicted octanol–water partition coefficient (Wildman–Crippen LogP) is 2.09. The van der Waals surface area contributed by atoms with Crippen LogP contribution in [0.15, 0.2) is 60.9 Å². The molecule has 1 aromatic carbocycles. The fraction of sp³-hybridized carbons (Fsp3) is 0.286. The first-order valence-corrected chi connectivity index (χ1v) is 9.35. The van der Waals surface area contributed by atoms with Gasteiger partial charge in [0.25, 0.3) is 11.8 Å². The van der Waals surface area contributed by atoms with Crippen molar-refractivity contribution in [2.75, 3.05) is 26.2 Å². The molecule has 0 saturated carbocycles. The molecular formula is C21H22N4O3. The first kappa shape index (κ1) is 18.0. The normalized spacial score (nSPS) is 15.5. The Bertz CT molecular complexity index is 977. The van der Waals surface area contributed by atoms with Crippen LogP contribution in [0.25, 0.3) is 5.52 Å². The molecule has 4 rings (SSSR count). The third-order valence-electron chi connectivity index (χ3n) is 4.94. The summed E-state index contributed by atoms with van der Waals surface area (Å²) in [6, 6.07) is 14.9. The SMILES string of the molecule is CC(Oc1ccccc1)C(=O)N1CCN(C(=O)c2cnn3ccccc23)CC1. The minimum atomic E-state index is -0.565. The molecular weight excluding hydrogens is 356 g/mol. The summed E-state index contributed by atoms with van der Waals surface area (Å²) in [6.07, 6.45) is 2.85. The minimum absolute atomic E-state index is 0.0538. The molecule has 144 valence electrons. The Morgan fingerprint density at radius 3 is 2.39 bits per heavy atom. The van der Waals surface area contributed by atoms with Crippen molar-refractivity contribution in [1.29, 1.82) is 0 Å². The molecule has 1 aliphatic rings. The first-order valence-electron chi connectivity index (χ1n) is 9.35. The van der Waals surface area contributed by atoms with Crippen LogP contribution in [0, 0.1) is 0 Å². The number of amides is 2. The lowest BCUT2D eigenvalue weighted by molar-refractivity contribution is -0.139. The number of nitrogens with zero attached hydrogens (tertiary/aromatic N) is 4. The highest BCUT2D eigenvalue weighted by Gasteiger charge is 2.29. The molecule has 7 heteroatoms. The van der Waals surface area contributed by atoms with Gasteiger partial charge in [-0.25, -0.2) is 4.52 Å².